The molecule has 3 aromatic rings. The van der Waals surface area contributed by atoms with Gasteiger partial charge in [-0.05, 0) is 45.6 Å². The van der Waals surface area contributed by atoms with Crippen molar-refractivity contribution in [3.05, 3.63) is 81.4 Å². The number of nitrogens with zero attached hydrogens (tertiary/aromatic N) is 2. The zero-order valence-electron chi connectivity index (χ0n) is 15.6. The third-order valence-corrected chi connectivity index (χ3v) is 6.77. The lowest BCUT2D eigenvalue weighted by molar-refractivity contribution is -0.128. The number of carbonyl (C=O) groups excluding carboxylic acids is 3. The van der Waals surface area contributed by atoms with Crippen LogP contribution in [0.25, 0.3) is 10.8 Å². The van der Waals surface area contributed by atoms with Gasteiger partial charge in [-0.3, -0.25) is 19.7 Å². The molecule has 1 N–H and O–H groups in total. The second-order valence-electron chi connectivity index (χ2n) is 6.88. The zero-order chi connectivity index (χ0) is 20.7. The summed E-state index contributed by atoms with van der Waals surface area (Å²) in [6.07, 6.45) is 1.77. The predicted molar refractivity (Wildman–Crippen MR) is 118 cm³/mol. The molecule has 1 atom stereocenters. The maximum atomic E-state index is 13.0. The molecule has 3 amide bonds. The molecule has 1 unspecified atom stereocenters. The Morgan fingerprint density at radius 3 is 2.67 bits per heavy atom. The molecule has 0 saturated carbocycles. The number of benzene rings is 2. The molecule has 1 aromatic heterocycles. The summed E-state index contributed by atoms with van der Waals surface area (Å²) in [4.78, 5) is 37.3. The van der Waals surface area contributed by atoms with E-state index in [0.717, 1.165) is 38.7 Å². The molecule has 8 heteroatoms. The number of amides is 3. The van der Waals surface area contributed by atoms with Gasteiger partial charge < -0.3 is 0 Å². The second kappa shape index (κ2) is 7.55. The lowest BCUT2D eigenvalue weighted by Crippen LogP contribution is -2.25. The fourth-order valence-electron chi connectivity index (χ4n) is 3.56. The first-order valence-electron chi connectivity index (χ1n) is 9.26. The number of hydrogen-bond acceptors (Lipinski definition) is 6. The second-order valence-corrected chi connectivity index (χ2v) is 8.87. The predicted octanol–water partition coefficient (Wildman–Crippen LogP) is 4.45. The standard InChI is InChI=1S/C22H15N3O3S2/c26-20(12-19-21(27)23-22(28)30-19)25-17(18-6-3-9-29-18)11-16(24-25)15-8-7-13-4-1-2-5-14(13)10-15/h1-10,12,17H,11H2,(H,23,27,28)/b19-12-. The van der Waals surface area contributed by atoms with Crippen LogP contribution in [0.15, 0.2) is 76.1 Å². The van der Waals surface area contributed by atoms with Gasteiger partial charge in [-0.15, -0.1) is 11.3 Å². The first kappa shape index (κ1) is 18.8. The lowest BCUT2D eigenvalue weighted by atomic mass is 10.00. The summed E-state index contributed by atoms with van der Waals surface area (Å²) in [6.45, 7) is 0. The SMILES string of the molecule is O=C1NC(=O)/C(=C/C(=O)N2N=C(c3ccc4ccccc4c3)CC2c2cccs2)S1. The molecule has 5 rings (SSSR count). The van der Waals surface area contributed by atoms with Crippen LogP contribution in [0.4, 0.5) is 4.79 Å². The summed E-state index contributed by atoms with van der Waals surface area (Å²) >= 11 is 2.28. The van der Waals surface area contributed by atoms with E-state index in [1.54, 1.807) is 11.3 Å². The minimum absolute atomic E-state index is 0.0873. The monoisotopic (exact) mass is 433 g/mol. The number of rotatable bonds is 3. The van der Waals surface area contributed by atoms with E-state index in [4.69, 9.17) is 0 Å². The van der Waals surface area contributed by atoms with E-state index in [2.05, 4.69) is 22.6 Å². The Kier molecular flexibility index (Phi) is 4.72. The summed E-state index contributed by atoms with van der Waals surface area (Å²) in [5.74, 6) is -0.972. The molecule has 2 aliphatic rings. The van der Waals surface area contributed by atoms with Gasteiger partial charge in [0.25, 0.3) is 17.1 Å². The van der Waals surface area contributed by atoms with Crippen molar-refractivity contribution in [1.29, 1.82) is 0 Å². The smallest absolute Gasteiger partial charge is 0.282 e. The van der Waals surface area contributed by atoms with Gasteiger partial charge in [0.1, 0.15) is 0 Å². The third-order valence-electron chi connectivity index (χ3n) is 4.99. The normalized spacial score (nSPS) is 20.1. The van der Waals surface area contributed by atoms with Crippen LogP contribution in [-0.2, 0) is 9.59 Å². The molecule has 0 radical (unpaired) electrons. The average Bonchev–Trinajstić information content (AvgIpc) is 3.48. The van der Waals surface area contributed by atoms with Crippen LogP contribution >= 0.6 is 23.1 Å². The fourth-order valence-corrected chi connectivity index (χ4v) is 5.02. The Labute approximate surface area is 180 Å². The molecule has 148 valence electrons. The quantitative estimate of drug-likeness (QED) is 0.619. The van der Waals surface area contributed by atoms with E-state index in [-0.39, 0.29) is 10.9 Å². The van der Waals surface area contributed by atoms with Crippen LogP contribution in [0.1, 0.15) is 22.9 Å². The van der Waals surface area contributed by atoms with Crippen LogP contribution < -0.4 is 5.32 Å². The van der Waals surface area contributed by atoms with E-state index in [0.29, 0.717) is 6.42 Å². The van der Waals surface area contributed by atoms with Crippen molar-refractivity contribution in [2.24, 2.45) is 5.10 Å². The molecule has 2 aromatic carbocycles. The van der Waals surface area contributed by atoms with Gasteiger partial charge in [0.05, 0.1) is 16.7 Å². The average molecular weight is 434 g/mol. The number of thioether (sulfide) groups is 1. The molecular formula is C22H15N3O3S2. The minimum atomic E-state index is -0.552. The van der Waals surface area contributed by atoms with Crippen LogP contribution in [0.2, 0.25) is 0 Å². The molecule has 0 bridgehead atoms. The van der Waals surface area contributed by atoms with Crippen LogP contribution in [-0.4, -0.2) is 27.8 Å². The Bertz CT molecular complexity index is 1250. The maximum Gasteiger partial charge on any atom is 0.290 e. The number of fused-ring (bicyclic) bond motifs is 1. The Morgan fingerprint density at radius 2 is 1.93 bits per heavy atom. The zero-order valence-corrected chi connectivity index (χ0v) is 17.2. The van der Waals surface area contributed by atoms with Crippen molar-refractivity contribution in [3.63, 3.8) is 0 Å². The van der Waals surface area contributed by atoms with Crippen molar-refractivity contribution < 1.29 is 14.4 Å². The highest BCUT2D eigenvalue weighted by Gasteiger charge is 2.34. The third kappa shape index (κ3) is 3.44. The summed E-state index contributed by atoms with van der Waals surface area (Å²) in [7, 11) is 0. The Hall–Kier alpha value is -3.23. The highest BCUT2D eigenvalue weighted by Crippen LogP contribution is 2.36. The van der Waals surface area contributed by atoms with Gasteiger partial charge in [-0.2, -0.15) is 5.10 Å². The topological polar surface area (TPSA) is 78.8 Å². The Balaban J connectivity index is 1.51. The summed E-state index contributed by atoms with van der Waals surface area (Å²) in [5.41, 5.74) is 1.77. The van der Waals surface area contributed by atoms with Gasteiger partial charge in [0, 0.05) is 17.4 Å². The number of carbonyl (C=O) groups is 3. The number of thiophene rings is 1. The van der Waals surface area contributed by atoms with E-state index in [1.165, 1.54) is 11.1 Å². The van der Waals surface area contributed by atoms with E-state index >= 15 is 0 Å². The molecule has 1 fully saturated rings. The first-order chi connectivity index (χ1) is 14.6. The highest BCUT2D eigenvalue weighted by molar-refractivity contribution is 8.18. The number of hydrazone groups is 1. The molecular weight excluding hydrogens is 418 g/mol. The van der Waals surface area contributed by atoms with E-state index < -0.39 is 17.1 Å². The van der Waals surface area contributed by atoms with Crippen molar-refractivity contribution in [2.45, 2.75) is 12.5 Å². The van der Waals surface area contributed by atoms with Crippen molar-refractivity contribution in [1.82, 2.24) is 10.3 Å². The van der Waals surface area contributed by atoms with Crippen LogP contribution in [0, 0.1) is 0 Å². The van der Waals surface area contributed by atoms with Gasteiger partial charge >= 0.3 is 0 Å². The largest absolute Gasteiger partial charge is 0.290 e. The van der Waals surface area contributed by atoms with Gasteiger partial charge in [0.15, 0.2) is 0 Å². The molecule has 6 nitrogen and oxygen atoms in total. The van der Waals surface area contributed by atoms with Gasteiger partial charge in [0.2, 0.25) is 0 Å². The Morgan fingerprint density at radius 1 is 1.10 bits per heavy atom. The highest BCUT2D eigenvalue weighted by atomic mass is 32.2. The summed E-state index contributed by atoms with van der Waals surface area (Å²) in [5, 5.41) is 11.9. The van der Waals surface area contributed by atoms with E-state index in [9.17, 15) is 14.4 Å². The van der Waals surface area contributed by atoms with Crippen molar-refractivity contribution in [3.8, 4) is 0 Å². The maximum absolute atomic E-state index is 13.0. The van der Waals surface area contributed by atoms with Crippen LogP contribution in [0.5, 0.6) is 0 Å². The van der Waals surface area contributed by atoms with Gasteiger partial charge in [-0.1, -0.05) is 42.5 Å². The fraction of sp³-hybridized carbons (Fsp3) is 0.0909. The van der Waals surface area contributed by atoms with Crippen LogP contribution in [0.3, 0.4) is 0 Å². The molecule has 0 spiro atoms. The van der Waals surface area contributed by atoms with Gasteiger partial charge in [-0.25, -0.2) is 5.01 Å². The number of nitrogens with one attached hydrogen (secondary N) is 1. The first-order valence-corrected chi connectivity index (χ1v) is 11.0. The summed E-state index contributed by atoms with van der Waals surface area (Å²) < 4.78 is 0. The number of imide groups is 1. The molecule has 1 saturated heterocycles. The molecule has 3 heterocycles. The van der Waals surface area contributed by atoms with Crippen molar-refractivity contribution in [2.75, 3.05) is 0 Å². The molecule has 30 heavy (non-hydrogen) atoms. The summed E-state index contributed by atoms with van der Waals surface area (Å²) in [6, 6.07) is 17.9. The minimum Gasteiger partial charge on any atom is -0.282 e. The van der Waals surface area contributed by atoms with Crippen molar-refractivity contribution >= 4 is 56.6 Å². The number of hydrogen-bond donors (Lipinski definition) is 1. The lowest BCUT2D eigenvalue weighted by Gasteiger charge is -2.19. The molecule has 2 aliphatic heterocycles. The van der Waals surface area contributed by atoms with E-state index in [1.807, 2.05) is 47.8 Å². The molecule has 0 aliphatic carbocycles.